The van der Waals surface area contributed by atoms with Gasteiger partial charge in [-0.3, -0.25) is 14.2 Å². The van der Waals surface area contributed by atoms with Crippen molar-refractivity contribution < 1.29 is 42.1 Å². The Hall–Kier alpha value is -1.77. The van der Waals surface area contributed by atoms with Gasteiger partial charge in [0.2, 0.25) is 0 Å². The van der Waals surface area contributed by atoms with Crippen molar-refractivity contribution in [2.75, 3.05) is 47.5 Å². The van der Waals surface area contributed by atoms with Crippen LogP contribution in [0.15, 0.2) is 36.5 Å². The predicted octanol–water partition coefficient (Wildman–Crippen LogP) is 26.3. The summed E-state index contributed by atoms with van der Waals surface area (Å²) in [5.74, 6) is -0.806. The molecule has 0 aliphatic carbocycles. The molecule has 0 fully saturated rings. The molecule has 0 aromatic rings. The molecule has 0 radical (unpaired) electrons. The molecule has 0 rings (SSSR count). The minimum Gasteiger partial charge on any atom is -0.756 e. The minimum absolute atomic E-state index is 0.0270. The predicted molar refractivity (Wildman–Crippen MR) is 398 cm³/mol. The maximum Gasteiger partial charge on any atom is 0.306 e. The van der Waals surface area contributed by atoms with Crippen LogP contribution in [0.4, 0.5) is 0 Å². The fourth-order valence-electron chi connectivity index (χ4n) is 12.4. The topological polar surface area (TPSA) is 111 Å². The van der Waals surface area contributed by atoms with Gasteiger partial charge in [0.25, 0.3) is 7.82 Å². The second kappa shape index (κ2) is 73.5. The number of unbranched alkanes of at least 4 members (excludes halogenated alkanes) is 57. The molecule has 0 spiro atoms. The summed E-state index contributed by atoms with van der Waals surface area (Å²) in [5.41, 5.74) is 0. The summed E-state index contributed by atoms with van der Waals surface area (Å²) in [7, 11) is 1.19. The van der Waals surface area contributed by atoms with Crippen molar-refractivity contribution in [2.45, 2.75) is 431 Å². The maximum absolute atomic E-state index is 12.9. The largest absolute Gasteiger partial charge is 0.756 e. The molecule has 0 saturated carbocycles. The molecule has 9 nitrogen and oxygen atoms in total. The van der Waals surface area contributed by atoms with Crippen molar-refractivity contribution in [1.29, 1.82) is 0 Å². The Balaban J connectivity index is 3.90. The number of rotatable bonds is 77. The molecule has 544 valence electrons. The number of carbonyl (C=O) groups is 2. The fraction of sp³-hybridized carbons (Fsp3) is 0.902. The Morgan fingerprint density at radius 2 is 0.587 bits per heavy atom. The molecular weight excluding hydrogens is 1160 g/mol. The van der Waals surface area contributed by atoms with Crippen LogP contribution in [0.3, 0.4) is 0 Å². The molecule has 0 bridgehead atoms. The molecule has 2 atom stereocenters. The Kier molecular flexibility index (Phi) is 72.1. The van der Waals surface area contributed by atoms with Gasteiger partial charge in [0.15, 0.2) is 6.10 Å². The van der Waals surface area contributed by atoms with Gasteiger partial charge in [0, 0.05) is 12.8 Å². The summed E-state index contributed by atoms with van der Waals surface area (Å²) in [6, 6.07) is 0. The highest BCUT2D eigenvalue weighted by molar-refractivity contribution is 7.45. The zero-order valence-electron chi connectivity index (χ0n) is 62.3. The first-order valence-electron chi connectivity index (χ1n) is 40.7. The molecule has 92 heavy (non-hydrogen) atoms. The van der Waals surface area contributed by atoms with E-state index in [1.807, 2.05) is 21.1 Å². The highest BCUT2D eigenvalue weighted by Crippen LogP contribution is 2.38. The number of likely N-dealkylation sites (N-methyl/N-ethyl adjacent to an activating group) is 1. The van der Waals surface area contributed by atoms with E-state index in [0.29, 0.717) is 17.4 Å². The van der Waals surface area contributed by atoms with Crippen LogP contribution in [0.25, 0.3) is 0 Å². The van der Waals surface area contributed by atoms with Crippen LogP contribution >= 0.6 is 7.82 Å². The Morgan fingerprint density at radius 3 is 0.870 bits per heavy atom. The van der Waals surface area contributed by atoms with Gasteiger partial charge >= 0.3 is 11.9 Å². The van der Waals surface area contributed by atoms with Crippen LogP contribution in [0.1, 0.15) is 425 Å². The van der Waals surface area contributed by atoms with Crippen molar-refractivity contribution in [3.05, 3.63) is 36.5 Å². The SMILES string of the molecule is CCCCCCC/C=C\C/C=C\CCCCCCCCCCCCCCCCCCCCCCCCCC(=O)OC(COC(=O)CCCCCCCCCCCCCCCCCCCCCCC/C=C\CCCCCCCCCC)COP(=O)([O-])OCC[N+](C)(C)C. The van der Waals surface area contributed by atoms with Gasteiger partial charge in [-0.25, -0.2) is 0 Å². The first-order chi connectivity index (χ1) is 45.0. The highest BCUT2D eigenvalue weighted by Gasteiger charge is 2.22. The number of quaternary nitrogens is 1. The number of ether oxygens (including phenoxy) is 2. The molecule has 0 amide bonds. The number of hydrogen-bond acceptors (Lipinski definition) is 8. The molecule has 10 heteroatoms. The molecule has 2 unspecified atom stereocenters. The molecule has 0 aromatic heterocycles. The number of phosphoric acid groups is 1. The molecular formula is C82H158NO8P. The van der Waals surface area contributed by atoms with Crippen molar-refractivity contribution in [2.24, 2.45) is 0 Å². The van der Waals surface area contributed by atoms with Crippen molar-refractivity contribution in [3.63, 3.8) is 0 Å². The Labute approximate surface area is 573 Å². The van der Waals surface area contributed by atoms with Crippen LogP contribution in [-0.4, -0.2) is 70.0 Å². The number of nitrogens with zero attached hydrogens (tertiary/aromatic N) is 1. The second-order valence-electron chi connectivity index (χ2n) is 29.1. The zero-order chi connectivity index (χ0) is 66.9. The van der Waals surface area contributed by atoms with Gasteiger partial charge in [-0.1, -0.05) is 378 Å². The van der Waals surface area contributed by atoms with Gasteiger partial charge in [0.05, 0.1) is 27.7 Å². The highest BCUT2D eigenvalue weighted by atomic mass is 31.2. The van der Waals surface area contributed by atoms with E-state index in [1.54, 1.807) is 0 Å². The summed E-state index contributed by atoms with van der Waals surface area (Å²) in [5, 5.41) is 0. The summed E-state index contributed by atoms with van der Waals surface area (Å²) >= 11 is 0. The Bertz CT molecular complexity index is 1640. The third-order valence-corrected chi connectivity index (χ3v) is 19.6. The molecule has 0 N–H and O–H groups in total. The summed E-state index contributed by atoms with van der Waals surface area (Å²) in [6.45, 7) is 4.31. The van der Waals surface area contributed by atoms with Crippen LogP contribution in [-0.2, 0) is 32.7 Å². The van der Waals surface area contributed by atoms with Gasteiger partial charge in [-0.05, 0) is 70.6 Å². The average molecular weight is 1320 g/mol. The molecule has 0 heterocycles. The average Bonchev–Trinajstić information content (AvgIpc) is 2.14. The number of esters is 2. The summed E-state index contributed by atoms with van der Waals surface area (Å²) in [6.07, 6.45) is 95.6. The zero-order valence-corrected chi connectivity index (χ0v) is 63.2. The van der Waals surface area contributed by atoms with Gasteiger partial charge in [-0.2, -0.15) is 0 Å². The van der Waals surface area contributed by atoms with Crippen LogP contribution < -0.4 is 4.89 Å². The quantitative estimate of drug-likeness (QED) is 0.0195. The molecule has 0 saturated heterocycles. The Morgan fingerprint density at radius 1 is 0.337 bits per heavy atom. The number of hydrogen-bond donors (Lipinski definition) is 0. The number of carbonyl (C=O) groups excluding carboxylic acids is 2. The standard InChI is InChI=1S/C82H158NO8P/c1-6-8-10-12-14-16-18-20-22-24-26-28-30-32-34-36-38-40-41-43-45-47-49-51-53-55-57-59-61-63-65-67-69-71-73-75-82(85)91-80(79-90-92(86,87)89-77-76-83(3,4)5)78-88-81(84)74-72-70-68-66-64-62-60-58-56-54-52-50-48-46-44-42-39-37-35-33-31-29-27-25-23-21-19-17-15-13-11-9-7-2/h18,20,24-27,80H,6-17,19,21-23,28-79H2,1-5H3/b20-18-,26-24-,27-25-. The summed E-state index contributed by atoms with van der Waals surface area (Å²) in [4.78, 5) is 38.2. The van der Waals surface area contributed by atoms with E-state index in [0.717, 1.165) is 38.5 Å². The third-order valence-electron chi connectivity index (χ3n) is 18.6. The lowest BCUT2D eigenvalue weighted by molar-refractivity contribution is -0.870. The minimum atomic E-state index is -4.64. The lowest BCUT2D eigenvalue weighted by Gasteiger charge is -2.28. The van der Waals surface area contributed by atoms with Crippen LogP contribution in [0, 0.1) is 0 Å². The monoisotopic (exact) mass is 1320 g/mol. The fourth-order valence-corrected chi connectivity index (χ4v) is 13.1. The normalized spacial score (nSPS) is 13.2. The van der Waals surface area contributed by atoms with E-state index in [1.165, 1.54) is 353 Å². The van der Waals surface area contributed by atoms with E-state index in [9.17, 15) is 19.0 Å². The van der Waals surface area contributed by atoms with Crippen LogP contribution in [0.5, 0.6) is 0 Å². The lowest BCUT2D eigenvalue weighted by atomic mass is 10.0. The van der Waals surface area contributed by atoms with Crippen molar-refractivity contribution >= 4 is 19.8 Å². The van der Waals surface area contributed by atoms with E-state index in [2.05, 4.69) is 50.3 Å². The summed E-state index contributed by atoms with van der Waals surface area (Å²) < 4.78 is 34.4. The van der Waals surface area contributed by atoms with Crippen molar-refractivity contribution in [1.82, 2.24) is 0 Å². The van der Waals surface area contributed by atoms with E-state index < -0.39 is 26.5 Å². The van der Waals surface area contributed by atoms with Gasteiger partial charge < -0.3 is 27.9 Å². The molecule has 0 aromatic carbocycles. The first kappa shape index (κ1) is 90.2. The molecule has 0 aliphatic rings. The van der Waals surface area contributed by atoms with Gasteiger partial charge in [-0.15, -0.1) is 0 Å². The molecule has 0 aliphatic heterocycles. The number of phosphoric ester groups is 1. The number of allylic oxidation sites excluding steroid dienone is 6. The smallest absolute Gasteiger partial charge is 0.306 e. The van der Waals surface area contributed by atoms with E-state index in [4.69, 9.17) is 18.5 Å². The van der Waals surface area contributed by atoms with Crippen molar-refractivity contribution in [3.8, 4) is 0 Å². The van der Waals surface area contributed by atoms with Gasteiger partial charge in [0.1, 0.15) is 19.8 Å². The van der Waals surface area contributed by atoms with Crippen LogP contribution in [0.2, 0.25) is 0 Å². The second-order valence-corrected chi connectivity index (χ2v) is 30.5. The maximum atomic E-state index is 12.9. The third kappa shape index (κ3) is 77.2. The van der Waals surface area contributed by atoms with E-state index in [-0.39, 0.29) is 32.0 Å². The first-order valence-corrected chi connectivity index (χ1v) is 42.2. The van der Waals surface area contributed by atoms with E-state index >= 15 is 0 Å². The lowest BCUT2D eigenvalue weighted by Crippen LogP contribution is -2.37.